The van der Waals surface area contributed by atoms with Gasteiger partial charge in [0.25, 0.3) is 0 Å². The Morgan fingerprint density at radius 1 is 1.45 bits per heavy atom. The molecule has 4 nitrogen and oxygen atoms in total. The fourth-order valence-corrected chi connectivity index (χ4v) is 2.74. The van der Waals surface area contributed by atoms with Gasteiger partial charge in [0.15, 0.2) is 11.5 Å². The predicted octanol–water partition coefficient (Wildman–Crippen LogP) is 2.49. The van der Waals surface area contributed by atoms with Gasteiger partial charge in [0.1, 0.15) is 6.10 Å². The number of likely N-dealkylation sites (tertiary alicyclic amines) is 1. The van der Waals surface area contributed by atoms with Gasteiger partial charge in [-0.2, -0.15) is 0 Å². The lowest BCUT2D eigenvalue weighted by Gasteiger charge is -2.37. The van der Waals surface area contributed by atoms with Crippen LogP contribution in [0.1, 0.15) is 24.8 Å². The van der Waals surface area contributed by atoms with Crippen LogP contribution in [-0.2, 0) is 0 Å². The molecule has 0 amide bonds. The van der Waals surface area contributed by atoms with E-state index in [1.807, 2.05) is 6.07 Å². The molecule has 1 fully saturated rings. The zero-order valence-electron chi connectivity index (χ0n) is 12.4. The molecule has 1 aromatic carbocycles. The van der Waals surface area contributed by atoms with E-state index in [4.69, 9.17) is 26.8 Å². The quantitative estimate of drug-likeness (QED) is 0.876. The van der Waals surface area contributed by atoms with Crippen molar-refractivity contribution in [3.8, 4) is 11.5 Å². The Morgan fingerprint density at radius 3 is 2.70 bits per heavy atom. The fraction of sp³-hybridized carbons (Fsp3) is 0.600. The summed E-state index contributed by atoms with van der Waals surface area (Å²) in [5, 5.41) is 0.666. The summed E-state index contributed by atoms with van der Waals surface area (Å²) in [6, 6.07) is 3.76. The number of ether oxygens (including phenoxy) is 2. The van der Waals surface area contributed by atoms with Crippen molar-refractivity contribution >= 4 is 11.6 Å². The van der Waals surface area contributed by atoms with Crippen LogP contribution < -0.4 is 15.2 Å². The molecule has 1 aliphatic heterocycles. The smallest absolute Gasteiger partial charge is 0.165 e. The highest BCUT2D eigenvalue weighted by Gasteiger charge is 2.28. The Labute approximate surface area is 125 Å². The number of halogens is 1. The van der Waals surface area contributed by atoms with E-state index >= 15 is 0 Å². The predicted molar refractivity (Wildman–Crippen MR) is 82.0 cm³/mol. The summed E-state index contributed by atoms with van der Waals surface area (Å²) in [5.41, 5.74) is 6.75. The van der Waals surface area contributed by atoms with Crippen molar-refractivity contribution in [1.29, 1.82) is 0 Å². The molecule has 0 aliphatic carbocycles. The van der Waals surface area contributed by atoms with Crippen LogP contribution in [0.15, 0.2) is 12.1 Å². The van der Waals surface area contributed by atoms with E-state index in [-0.39, 0.29) is 6.10 Å². The molecule has 112 valence electrons. The number of nitrogens with two attached hydrogens (primary N) is 1. The fourth-order valence-electron chi connectivity index (χ4n) is 2.52. The first-order valence-corrected chi connectivity index (χ1v) is 7.35. The van der Waals surface area contributed by atoms with Gasteiger partial charge in [0, 0.05) is 29.7 Å². The van der Waals surface area contributed by atoms with Crippen molar-refractivity contribution in [1.82, 2.24) is 4.90 Å². The van der Waals surface area contributed by atoms with Gasteiger partial charge in [-0.3, -0.25) is 4.90 Å². The van der Waals surface area contributed by atoms with Gasteiger partial charge in [-0.05, 0) is 32.0 Å². The third kappa shape index (κ3) is 3.37. The summed E-state index contributed by atoms with van der Waals surface area (Å²) < 4.78 is 11.6. The second kappa shape index (κ2) is 6.66. The van der Waals surface area contributed by atoms with Crippen molar-refractivity contribution < 1.29 is 9.47 Å². The molecular weight excluding hydrogens is 276 g/mol. The van der Waals surface area contributed by atoms with Crippen molar-refractivity contribution in [3.05, 3.63) is 22.7 Å². The van der Waals surface area contributed by atoms with Gasteiger partial charge in [-0.1, -0.05) is 18.5 Å². The molecular formula is C15H23ClN2O2. The molecule has 1 unspecified atom stereocenters. The summed E-state index contributed by atoms with van der Waals surface area (Å²) in [6.45, 7) is 4.66. The zero-order valence-corrected chi connectivity index (χ0v) is 13.1. The maximum Gasteiger partial charge on any atom is 0.165 e. The largest absolute Gasteiger partial charge is 0.493 e. The van der Waals surface area contributed by atoms with Gasteiger partial charge in [0.2, 0.25) is 0 Å². The molecule has 1 atom stereocenters. The number of hydrogen-bond donors (Lipinski definition) is 1. The molecule has 0 saturated carbocycles. The third-order valence-corrected chi connectivity index (χ3v) is 3.93. The standard InChI is InChI=1S/C15H23ClN2O2/c1-10(4-5-17)13-6-11(16)7-14(19-3)15(13)20-12-8-18(2)9-12/h6-7,10,12H,4-5,8-9,17H2,1-3H3. The first kappa shape index (κ1) is 15.4. The van der Waals surface area contributed by atoms with Crippen LogP contribution in [0.2, 0.25) is 5.02 Å². The molecule has 5 heteroatoms. The van der Waals surface area contributed by atoms with E-state index < -0.39 is 0 Å². The van der Waals surface area contributed by atoms with Crippen molar-refractivity contribution in [2.24, 2.45) is 5.73 Å². The molecule has 1 saturated heterocycles. The minimum Gasteiger partial charge on any atom is -0.493 e. The molecule has 0 aromatic heterocycles. The number of benzene rings is 1. The Morgan fingerprint density at radius 2 is 2.15 bits per heavy atom. The molecule has 1 aromatic rings. The van der Waals surface area contributed by atoms with E-state index in [0.717, 1.165) is 30.8 Å². The highest BCUT2D eigenvalue weighted by atomic mass is 35.5. The summed E-state index contributed by atoms with van der Waals surface area (Å²) >= 11 is 6.18. The lowest BCUT2D eigenvalue weighted by Crippen LogP contribution is -2.51. The molecule has 0 bridgehead atoms. The zero-order chi connectivity index (χ0) is 14.7. The summed E-state index contributed by atoms with van der Waals surface area (Å²) in [6.07, 6.45) is 1.11. The maximum atomic E-state index is 6.18. The second-order valence-electron chi connectivity index (χ2n) is 5.47. The minimum absolute atomic E-state index is 0.221. The Kier molecular flexibility index (Phi) is 5.13. The van der Waals surface area contributed by atoms with Crippen molar-refractivity contribution in [2.45, 2.75) is 25.4 Å². The SMILES string of the molecule is COc1cc(Cl)cc(C(C)CCN)c1OC1CN(C)C1. The lowest BCUT2D eigenvalue weighted by molar-refractivity contribution is 0.0360. The maximum absolute atomic E-state index is 6.18. The van der Waals surface area contributed by atoms with Crippen LogP contribution >= 0.6 is 11.6 Å². The van der Waals surface area contributed by atoms with E-state index in [9.17, 15) is 0 Å². The molecule has 0 radical (unpaired) electrons. The Hall–Kier alpha value is -0.970. The van der Waals surface area contributed by atoms with Crippen LogP contribution in [-0.4, -0.2) is 44.8 Å². The first-order valence-electron chi connectivity index (χ1n) is 6.97. The van der Waals surface area contributed by atoms with Gasteiger partial charge < -0.3 is 15.2 Å². The van der Waals surface area contributed by atoms with Gasteiger partial charge in [-0.25, -0.2) is 0 Å². The van der Waals surface area contributed by atoms with E-state index in [1.165, 1.54) is 0 Å². The topological polar surface area (TPSA) is 47.7 Å². The van der Waals surface area contributed by atoms with Gasteiger partial charge >= 0.3 is 0 Å². The van der Waals surface area contributed by atoms with E-state index in [1.54, 1.807) is 13.2 Å². The van der Waals surface area contributed by atoms with Crippen LogP contribution in [0.5, 0.6) is 11.5 Å². The Bertz CT molecular complexity index is 461. The second-order valence-corrected chi connectivity index (χ2v) is 5.90. The molecule has 1 heterocycles. The number of nitrogens with zero attached hydrogens (tertiary/aromatic N) is 1. The third-order valence-electron chi connectivity index (χ3n) is 3.71. The molecule has 1 aliphatic rings. The monoisotopic (exact) mass is 298 g/mol. The van der Waals surface area contributed by atoms with E-state index in [2.05, 4.69) is 18.9 Å². The average Bonchev–Trinajstić information content (AvgIpc) is 2.38. The van der Waals surface area contributed by atoms with Gasteiger partial charge in [0.05, 0.1) is 7.11 Å². The van der Waals surface area contributed by atoms with Crippen molar-refractivity contribution in [2.75, 3.05) is 33.8 Å². The highest BCUT2D eigenvalue weighted by Crippen LogP contribution is 2.40. The Balaban J connectivity index is 2.29. The minimum atomic E-state index is 0.221. The van der Waals surface area contributed by atoms with E-state index in [0.29, 0.717) is 23.2 Å². The normalized spacial score (nSPS) is 17.6. The number of likely N-dealkylation sites (N-methyl/N-ethyl adjacent to an activating group) is 1. The van der Waals surface area contributed by atoms with Gasteiger partial charge in [-0.15, -0.1) is 0 Å². The molecule has 20 heavy (non-hydrogen) atoms. The molecule has 2 N–H and O–H groups in total. The van der Waals surface area contributed by atoms with Crippen LogP contribution in [0.25, 0.3) is 0 Å². The lowest BCUT2D eigenvalue weighted by atomic mass is 9.96. The summed E-state index contributed by atoms with van der Waals surface area (Å²) in [7, 11) is 3.72. The number of rotatable bonds is 6. The van der Waals surface area contributed by atoms with Crippen molar-refractivity contribution in [3.63, 3.8) is 0 Å². The number of methoxy groups -OCH3 is 1. The van der Waals surface area contributed by atoms with Crippen LogP contribution in [0, 0.1) is 0 Å². The first-order chi connectivity index (χ1) is 9.55. The molecule has 0 spiro atoms. The van der Waals surface area contributed by atoms with Crippen LogP contribution in [0.3, 0.4) is 0 Å². The summed E-state index contributed by atoms with van der Waals surface area (Å²) in [5.74, 6) is 1.81. The number of hydrogen-bond acceptors (Lipinski definition) is 4. The average molecular weight is 299 g/mol. The van der Waals surface area contributed by atoms with Crippen LogP contribution in [0.4, 0.5) is 0 Å². The molecule has 2 rings (SSSR count). The summed E-state index contributed by atoms with van der Waals surface area (Å²) in [4.78, 5) is 2.22. The highest BCUT2D eigenvalue weighted by molar-refractivity contribution is 6.30.